The third-order valence-electron chi connectivity index (χ3n) is 4.13. The molecule has 2 saturated heterocycles. The largest absolute Gasteiger partial charge is 0.375 e. The zero-order valence-electron chi connectivity index (χ0n) is 12.1. The summed E-state index contributed by atoms with van der Waals surface area (Å²) in [5.74, 6) is 0. The summed E-state index contributed by atoms with van der Waals surface area (Å²) in [5.41, 5.74) is 1.18. The molecule has 116 valence electrons. The van der Waals surface area contributed by atoms with Crippen molar-refractivity contribution in [1.29, 1.82) is 0 Å². The predicted octanol–water partition coefficient (Wildman–Crippen LogP) is 1.27. The van der Waals surface area contributed by atoms with Crippen LogP contribution < -0.4 is 0 Å². The first kappa shape index (κ1) is 15.0. The first-order valence-corrected chi connectivity index (χ1v) is 8.97. The number of ether oxygens (including phenoxy) is 1. The molecule has 6 heteroatoms. The second-order valence-corrected chi connectivity index (χ2v) is 7.58. The van der Waals surface area contributed by atoms with Crippen molar-refractivity contribution >= 4 is 10.2 Å². The van der Waals surface area contributed by atoms with Crippen LogP contribution in [0.15, 0.2) is 30.3 Å². The van der Waals surface area contributed by atoms with Crippen LogP contribution in [0.4, 0.5) is 0 Å². The standard InChI is InChI=1S/C15H22N2O3S/c18-21(19,16-8-4-5-9-16)17-10-11-20-15(13-17)12-14-6-2-1-3-7-14/h1-3,6-7,15H,4-5,8-13H2/t15-/m0/s1. The number of hydrogen-bond donors (Lipinski definition) is 0. The molecule has 0 radical (unpaired) electrons. The molecule has 0 saturated carbocycles. The summed E-state index contributed by atoms with van der Waals surface area (Å²) >= 11 is 0. The summed E-state index contributed by atoms with van der Waals surface area (Å²) in [6, 6.07) is 10.1. The third kappa shape index (κ3) is 3.45. The fraction of sp³-hybridized carbons (Fsp3) is 0.600. The Morgan fingerprint density at radius 1 is 1.05 bits per heavy atom. The van der Waals surface area contributed by atoms with E-state index in [-0.39, 0.29) is 6.10 Å². The van der Waals surface area contributed by atoms with E-state index >= 15 is 0 Å². The molecule has 0 N–H and O–H groups in total. The first-order chi connectivity index (χ1) is 10.2. The van der Waals surface area contributed by atoms with Crippen LogP contribution in [0.25, 0.3) is 0 Å². The molecule has 2 aliphatic rings. The molecule has 2 heterocycles. The number of rotatable bonds is 4. The van der Waals surface area contributed by atoms with E-state index in [1.54, 1.807) is 8.61 Å². The minimum Gasteiger partial charge on any atom is -0.375 e. The third-order valence-corrected chi connectivity index (χ3v) is 6.13. The van der Waals surface area contributed by atoms with E-state index in [4.69, 9.17) is 4.74 Å². The van der Waals surface area contributed by atoms with Gasteiger partial charge in [0.15, 0.2) is 0 Å². The smallest absolute Gasteiger partial charge is 0.282 e. The van der Waals surface area contributed by atoms with Gasteiger partial charge in [-0.05, 0) is 24.8 Å². The molecular weight excluding hydrogens is 288 g/mol. The van der Waals surface area contributed by atoms with Gasteiger partial charge in [-0.1, -0.05) is 30.3 Å². The average molecular weight is 310 g/mol. The predicted molar refractivity (Wildman–Crippen MR) is 81.2 cm³/mol. The van der Waals surface area contributed by atoms with Gasteiger partial charge in [0.1, 0.15) is 0 Å². The van der Waals surface area contributed by atoms with Crippen molar-refractivity contribution in [3.8, 4) is 0 Å². The second kappa shape index (κ2) is 6.44. The maximum absolute atomic E-state index is 12.6. The Morgan fingerprint density at radius 2 is 1.76 bits per heavy atom. The van der Waals surface area contributed by atoms with Crippen molar-refractivity contribution in [2.24, 2.45) is 0 Å². The molecule has 2 aliphatic heterocycles. The number of hydrogen-bond acceptors (Lipinski definition) is 3. The molecule has 0 amide bonds. The zero-order chi connectivity index (χ0) is 14.7. The van der Waals surface area contributed by atoms with E-state index in [1.165, 1.54) is 5.56 Å². The highest BCUT2D eigenvalue weighted by atomic mass is 32.2. The van der Waals surface area contributed by atoms with Crippen LogP contribution in [-0.2, 0) is 21.4 Å². The molecule has 3 rings (SSSR count). The Balaban J connectivity index is 1.65. The molecule has 0 aliphatic carbocycles. The fourth-order valence-electron chi connectivity index (χ4n) is 2.98. The van der Waals surface area contributed by atoms with Gasteiger partial charge in [0.2, 0.25) is 0 Å². The van der Waals surface area contributed by atoms with E-state index in [1.807, 2.05) is 18.2 Å². The van der Waals surface area contributed by atoms with Crippen molar-refractivity contribution < 1.29 is 13.2 Å². The van der Waals surface area contributed by atoms with Crippen molar-refractivity contribution in [2.45, 2.75) is 25.4 Å². The summed E-state index contributed by atoms with van der Waals surface area (Å²) in [6.07, 6.45) is 2.64. The van der Waals surface area contributed by atoms with Crippen LogP contribution in [0.3, 0.4) is 0 Å². The number of morpholine rings is 1. The molecule has 1 aromatic carbocycles. The van der Waals surface area contributed by atoms with Gasteiger partial charge in [-0.25, -0.2) is 0 Å². The Bertz CT molecular complexity index is 556. The number of benzene rings is 1. The van der Waals surface area contributed by atoms with E-state index < -0.39 is 10.2 Å². The molecule has 1 atom stereocenters. The number of nitrogens with zero attached hydrogens (tertiary/aromatic N) is 2. The van der Waals surface area contributed by atoms with Crippen molar-refractivity contribution in [1.82, 2.24) is 8.61 Å². The van der Waals surface area contributed by atoms with Crippen molar-refractivity contribution in [2.75, 3.05) is 32.8 Å². The van der Waals surface area contributed by atoms with Gasteiger partial charge in [-0.15, -0.1) is 0 Å². The van der Waals surface area contributed by atoms with Gasteiger partial charge in [-0.2, -0.15) is 17.0 Å². The quantitative estimate of drug-likeness (QED) is 0.841. The zero-order valence-corrected chi connectivity index (χ0v) is 13.0. The molecule has 0 unspecified atom stereocenters. The summed E-state index contributed by atoms with van der Waals surface area (Å²) in [7, 11) is -3.30. The summed E-state index contributed by atoms with van der Waals surface area (Å²) < 4.78 is 34.1. The maximum Gasteiger partial charge on any atom is 0.282 e. The Kier molecular flexibility index (Phi) is 4.59. The molecule has 5 nitrogen and oxygen atoms in total. The minimum atomic E-state index is -3.30. The average Bonchev–Trinajstić information content (AvgIpc) is 3.04. The van der Waals surface area contributed by atoms with Crippen LogP contribution >= 0.6 is 0 Å². The molecule has 0 bridgehead atoms. The maximum atomic E-state index is 12.6. The van der Waals surface area contributed by atoms with E-state index in [0.717, 1.165) is 19.3 Å². The lowest BCUT2D eigenvalue weighted by molar-refractivity contribution is -0.00203. The molecule has 1 aromatic rings. The topological polar surface area (TPSA) is 49.9 Å². The van der Waals surface area contributed by atoms with Crippen LogP contribution in [-0.4, -0.2) is 55.9 Å². The Hall–Kier alpha value is -0.950. The van der Waals surface area contributed by atoms with E-state index in [2.05, 4.69) is 12.1 Å². The molecule has 21 heavy (non-hydrogen) atoms. The van der Waals surface area contributed by atoms with Gasteiger partial charge in [-0.3, -0.25) is 0 Å². The van der Waals surface area contributed by atoms with Gasteiger partial charge in [0, 0.05) is 26.2 Å². The van der Waals surface area contributed by atoms with E-state index in [9.17, 15) is 8.42 Å². The normalized spacial score (nSPS) is 25.2. The SMILES string of the molecule is O=S(=O)(N1CCCC1)N1CCO[C@@H](Cc2ccccc2)C1. The van der Waals surface area contributed by atoms with Crippen LogP contribution in [0.5, 0.6) is 0 Å². The Morgan fingerprint density at radius 3 is 2.48 bits per heavy atom. The van der Waals surface area contributed by atoms with Crippen molar-refractivity contribution in [3.05, 3.63) is 35.9 Å². The van der Waals surface area contributed by atoms with Gasteiger partial charge in [0.05, 0.1) is 12.7 Å². The lowest BCUT2D eigenvalue weighted by atomic mass is 10.1. The summed E-state index contributed by atoms with van der Waals surface area (Å²) in [5, 5.41) is 0. The lowest BCUT2D eigenvalue weighted by Crippen LogP contribution is -2.51. The summed E-state index contributed by atoms with van der Waals surface area (Å²) in [6.45, 7) is 2.70. The molecule has 2 fully saturated rings. The molecule has 0 aromatic heterocycles. The lowest BCUT2D eigenvalue weighted by Gasteiger charge is -2.34. The second-order valence-electron chi connectivity index (χ2n) is 5.65. The van der Waals surface area contributed by atoms with Gasteiger partial charge >= 0.3 is 0 Å². The van der Waals surface area contributed by atoms with Gasteiger partial charge < -0.3 is 4.74 Å². The minimum absolute atomic E-state index is 0.0569. The van der Waals surface area contributed by atoms with Crippen LogP contribution in [0.2, 0.25) is 0 Å². The highest BCUT2D eigenvalue weighted by Crippen LogP contribution is 2.20. The monoisotopic (exact) mass is 310 g/mol. The van der Waals surface area contributed by atoms with Gasteiger partial charge in [0.25, 0.3) is 10.2 Å². The highest BCUT2D eigenvalue weighted by Gasteiger charge is 2.35. The molecule has 0 spiro atoms. The first-order valence-electron chi connectivity index (χ1n) is 7.57. The summed E-state index contributed by atoms with van der Waals surface area (Å²) in [4.78, 5) is 0. The van der Waals surface area contributed by atoms with Crippen LogP contribution in [0.1, 0.15) is 18.4 Å². The van der Waals surface area contributed by atoms with Crippen molar-refractivity contribution in [3.63, 3.8) is 0 Å². The molecular formula is C15H22N2O3S. The highest BCUT2D eigenvalue weighted by molar-refractivity contribution is 7.86. The Labute approximate surface area is 126 Å². The van der Waals surface area contributed by atoms with E-state index in [0.29, 0.717) is 32.8 Å². The fourth-order valence-corrected chi connectivity index (χ4v) is 4.69. The van der Waals surface area contributed by atoms with Crippen LogP contribution in [0, 0.1) is 0 Å².